The molecule has 1 heterocycles. The highest BCUT2D eigenvalue weighted by Gasteiger charge is 2.52. The van der Waals surface area contributed by atoms with Gasteiger partial charge in [-0.3, -0.25) is 0 Å². The largest absolute Gasteiger partial charge is 0.492 e. The van der Waals surface area contributed by atoms with Crippen LogP contribution in [0.25, 0.3) is 6.08 Å². The predicted molar refractivity (Wildman–Crippen MR) is 90.3 cm³/mol. The average Bonchev–Trinajstić information content (AvgIpc) is 2.64. The third-order valence-corrected chi connectivity index (χ3v) is 4.89. The molecule has 0 aromatic heterocycles. The molecule has 1 aromatic rings. The van der Waals surface area contributed by atoms with Crippen LogP contribution in [0.4, 0.5) is 13.2 Å². The monoisotopic (exact) mass is 406 g/mol. The first-order valence-corrected chi connectivity index (χ1v) is 8.20. The Morgan fingerprint density at radius 3 is 2.21 bits per heavy atom. The summed E-state index contributed by atoms with van der Waals surface area (Å²) in [5, 5.41) is 9.62. The molecule has 1 saturated heterocycles. The van der Waals surface area contributed by atoms with E-state index >= 15 is 0 Å². The van der Waals surface area contributed by atoms with Gasteiger partial charge in [-0.05, 0) is 50.9 Å². The van der Waals surface area contributed by atoms with E-state index in [1.165, 1.54) is 18.2 Å². The summed E-state index contributed by atoms with van der Waals surface area (Å²) in [7, 11) is -0.898. The molecule has 0 radical (unpaired) electrons. The fraction of sp³-hybridized carbons (Fsp3) is 0.500. The summed E-state index contributed by atoms with van der Waals surface area (Å²) in [6.45, 7) is 6.88. The zero-order valence-electron chi connectivity index (χ0n) is 13.9. The molecule has 0 atom stereocenters. The van der Waals surface area contributed by atoms with E-state index in [0.29, 0.717) is 4.47 Å². The maximum absolute atomic E-state index is 13.2. The second kappa shape index (κ2) is 6.48. The summed E-state index contributed by atoms with van der Waals surface area (Å²) in [6.07, 6.45) is -3.23. The zero-order valence-corrected chi connectivity index (χ0v) is 15.5. The van der Waals surface area contributed by atoms with Crippen LogP contribution in [-0.2, 0) is 15.5 Å². The van der Waals surface area contributed by atoms with Gasteiger partial charge < -0.3 is 14.4 Å². The van der Waals surface area contributed by atoms with Crippen molar-refractivity contribution in [2.24, 2.45) is 0 Å². The van der Waals surface area contributed by atoms with Crippen molar-refractivity contribution in [2.45, 2.75) is 45.1 Å². The summed E-state index contributed by atoms with van der Waals surface area (Å²) in [4.78, 5) is 0. The normalized spacial score (nSPS) is 20.5. The number of halogens is 4. The fourth-order valence-electron chi connectivity index (χ4n) is 2.28. The van der Waals surface area contributed by atoms with Crippen LogP contribution in [0.15, 0.2) is 28.1 Å². The Morgan fingerprint density at radius 2 is 1.75 bits per heavy atom. The highest BCUT2D eigenvalue weighted by molar-refractivity contribution is 9.10. The first-order valence-electron chi connectivity index (χ1n) is 7.41. The smallest absolute Gasteiger partial charge is 0.400 e. The van der Waals surface area contributed by atoms with Gasteiger partial charge in [0.2, 0.25) is 0 Å². The molecule has 3 nitrogen and oxygen atoms in total. The van der Waals surface area contributed by atoms with Gasteiger partial charge in [-0.15, -0.1) is 0 Å². The number of aliphatic hydroxyl groups is 1. The number of benzene rings is 1. The molecule has 0 unspecified atom stereocenters. The predicted octanol–water partition coefficient (Wildman–Crippen LogP) is 4.48. The minimum Gasteiger partial charge on any atom is -0.400 e. The molecule has 1 aromatic carbocycles. The van der Waals surface area contributed by atoms with Gasteiger partial charge >= 0.3 is 13.3 Å². The van der Waals surface area contributed by atoms with E-state index in [0.717, 1.165) is 6.07 Å². The first-order chi connectivity index (χ1) is 10.9. The standard InChI is InChI=1S/C16H19BBrF3O3/c1-14(2)15(3,4)24-17(23-14)11(9-22)7-10-5-6-12(18)8-13(10)16(19,20)21/h5-8,22H,9H2,1-4H3. The second-order valence-electron chi connectivity index (χ2n) is 6.69. The van der Waals surface area contributed by atoms with E-state index in [9.17, 15) is 18.3 Å². The average molecular weight is 407 g/mol. The van der Waals surface area contributed by atoms with Crippen LogP contribution in [0.2, 0.25) is 0 Å². The van der Waals surface area contributed by atoms with Crippen molar-refractivity contribution in [3.63, 3.8) is 0 Å². The molecule has 0 spiro atoms. The lowest BCUT2D eigenvalue weighted by Gasteiger charge is -2.32. The molecule has 1 aliphatic rings. The van der Waals surface area contributed by atoms with Crippen molar-refractivity contribution >= 4 is 29.1 Å². The lowest BCUT2D eigenvalue weighted by Crippen LogP contribution is -2.41. The third-order valence-electron chi connectivity index (χ3n) is 4.40. The van der Waals surface area contributed by atoms with E-state index in [1.807, 2.05) is 27.7 Å². The van der Waals surface area contributed by atoms with E-state index in [-0.39, 0.29) is 11.0 Å². The van der Waals surface area contributed by atoms with E-state index in [2.05, 4.69) is 15.9 Å². The molecule has 0 aliphatic carbocycles. The van der Waals surface area contributed by atoms with Crippen molar-refractivity contribution in [3.05, 3.63) is 39.3 Å². The Bertz CT molecular complexity index is 640. The van der Waals surface area contributed by atoms with Crippen LogP contribution in [-0.4, -0.2) is 30.0 Å². The molecule has 0 bridgehead atoms. The topological polar surface area (TPSA) is 38.7 Å². The minimum absolute atomic E-state index is 0.0514. The number of alkyl halides is 3. The molecule has 1 aliphatic heterocycles. The molecular weight excluding hydrogens is 388 g/mol. The molecule has 1 N–H and O–H groups in total. The van der Waals surface area contributed by atoms with Gasteiger partial charge in [0.25, 0.3) is 0 Å². The van der Waals surface area contributed by atoms with E-state index in [4.69, 9.17) is 9.31 Å². The summed E-state index contributed by atoms with van der Waals surface area (Å²) in [6, 6.07) is 3.86. The Morgan fingerprint density at radius 1 is 1.21 bits per heavy atom. The fourth-order valence-corrected chi connectivity index (χ4v) is 2.64. The number of rotatable bonds is 3. The van der Waals surface area contributed by atoms with Crippen LogP contribution in [0.1, 0.15) is 38.8 Å². The quantitative estimate of drug-likeness (QED) is 0.752. The van der Waals surface area contributed by atoms with Gasteiger partial charge in [0.15, 0.2) is 0 Å². The van der Waals surface area contributed by atoms with E-state index < -0.39 is 36.7 Å². The van der Waals surface area contributed by atoms with Crippen LogP contribution < -0.4 is 0 Å². The van der Waals surface area contributed by atoms with Gasteiger partial charge in [0, 0.05) is 4.47 Å². The van der Waals surface area contributed by atoms with Crippen molar-refractivity contribution in [3.8, 4) is 0 Å². The van der Waals surface area contributed by atoms with Crippen molar-refractivity contribution in [1.29, 1.82) is 0 Å². The van der Waals surface area contributed by atoms with Gasteiger partial charge in [0.1, 0.15) is 0 Å². The lowest BCUT2D eigenvalue weighted by atomic mass is 9.77. The van der Waals surface area contributed by atoms with Crippen LogP contribution in [0, 0.1) is 0 Å². The molecule has 0 saturated carbocycles. The number of aliphatic hydroxyl groups excluding tert-OH is 1. The highest BCUT2D eigenvalue weighted by atomic mass is 79.9. The molecule has 24 heavy (non-hydrogen) atoms. The third kappa shape index (κ3) is 3.87. The maximum Gasteiger partial charge on any atom is 0.492 e. The Balaban J connectivity index is 2.43. The molecule has 8 heteroatoms. The SMILES string of the molecule is CC1(C)OB(C(=Cc2ccc(Br)cc2C(F)(F)F)CO)OC1(C)C. The summed E-state index contributed by atoms with van der Waals surface area (Å²) >= 11 is 3.05. The molecule has 1 fully saturated rings. The minimum atomic E-state index is -4.51. The number of hydrogen-bond acceptors (Lipinski definition) is 3. The van der Waals surface area contributed by atoms with Crippen LogP contribution >= 0.6 is 15.9 Å². The van der Waals surface area contributed by atoms with E-state index in [1.54, 1.807) is 0 Å². The Kier molecular flexibility index (Phi) is 5.26. The second-order valence-corrected chi connectivity index (χ2v) is 7.61. The van der Waals surface area contributed by atoms with Gasteiger partial charge in [0.05, 0.1) is 23.4 Å². The Hall–Kier alpha value is -0.825. The summed E-state index contributed by atoms with van der Waals surface area (Å²) < 4.78 is 51.6. The highest BCUT2D eigenvalue weighted by Crippen LogP contribution is 2.40. The molecule has 132 valence electrons. The van der Waals surface area contributed by atoms with Crippen LogP contribution in [0.5, 0.6) is 0 Å². The van der Waals surface area contributed by atoms with Crippen LogP contribution in [0.3, 0.4) is 0 Å². The summed E-state index contributed by atoms with van der Waals surface area (Å²) in [5.41, 5.74) is -1.89. The van der Waals surface area contributed by atoms with Gasteiger partial charge in [-0.1, -0.05) is 28.1 Å². The first kappa shape index (κ1) is 19.5. The van der Waals surface area contributed by atoms with Crippen molar-refractivity contribution in [1.82, 2.24) is 0 Å². The molecular formula is C16H19BBrF3O3. The Labute approximate surface area is 148 Å². The number of hydrogen-bond donors (Lipinski definition) is 1. The maximum atomic E-state index is 13.2. The van der Waals surface area contributed by atoms with Gasteiger partial charge in [-0.25, -0.2) is 0 Å². The lowest BCUT2D eigenvalue weighted by molar-refractivity contribution is -0.137. The zero-order chi connectivity index (χ0) is 18.3. The molecule has 2 rings (SSSR count). The summed E-state index contributed by atoms with van der Waals surface area (Å²) in [5.74, 6) is 0. The van der Waals surface area contributed by atoms with Gasteiger partial charge in [-0.2, -0.15) is 13.2 Å². The van der Waals surface area contributed by atoms with Crippen molar-refractivity contribution in [2.75, 3.05) is 6.61 Å². The molecule has 0 amide bonds. The van der Waals surface area contributed by atoms with Crippen molar-refractivity contribution < 1.29 is 27.6 Å².